The number of furan rings is 2. The first-order chi connectivity index (χ1) is 9.26. The Morgan fingerprint density at radius 1 is 0.947 bits per heavy atom. The van der Waals surface area contributed by atoms with Crippen molar-refractivity contribution in [1.29, 1.82) is 0 Å². The monoisotopic (exact) mass is 258 g/mol. The van der Waals surface area contributed by atoms with Crippen LogP contribution in [0.3, 0.4) is 0 Å². The van der Waals surface area contributed by atoms with E-state index in [-0.39, 0.29) is 5.41 Å². The van der Waals surface area contributed by atoms with Crippen molar-refractivity contribution in [3.05, 3.63) is 48.3 Å². The summed E-state index contributed by atoms with van der Waals surface area (Å²) >= 11 is 0. The number of Topliss-reactive ketones (excluding diaryl/α,β-unsaturated/α-hetero) is 1. The van der Waals surface area contributed by atoms with E-state index in [1.807, 2.05) is 24.3 Å². The Labute approximate surface area is 112 Å². The number of hydrogen-bond acceptors (Lipinski definition) is 3. The predicted octanol–water partition coefficient (Wildman–Crippen LogP) is 3.79. The van der Waals surface area contributed by atoms with Gasteiger partial charge in [0.15, 0.2) is 0 Å². The summed E-state index contributed by atoms with van der Waals surface area (Å²) in [4.78, 5) is 11.5. The molecular weight excluding hydrogens is 240 g/mol. The van der Waals surface area contributed by atoms with Crippen LogP contribution in [-0.4, -0.2) is 5.78 Å². The highest BCUT2D eigenvalue weighted by atomic mass is 16.3. The Bertz CT molecular complexity index is 474. The van der Waals surface area contributed by atoms with Crippen LogP contribution in [0.1, 0.15) is 37.2 Å². The second kappa shape index (κ2) is 5.08. The molecule has 1 saturated carbocycles. The third-order valence-corrected chi connectivity index (χ3v) is 4.13. The minimum atomic E-state index is 0.101. The summed E-state index contributed by atoms with van der Waals surface area (Å²) in [6, 6.07) is 7.87. The van der Waals surface area contributed by atoms with Gasteiger partial charge in [-0.25, -0.2) is 0 Å². The molecule has 0 aliphatic heterocycles. The summed E-state index contributed by atoms with van der Waals surface area (Å²) in [6.45, 7) is 0. The zero-order valence-corrected chi connectivity index (χ0v) is 10.9. The van der Waals surface area contributed by atoms with E-state index in [0.717, 1.165) is 37.2 Å². The summed E-state index contributed by atoms with van der Waals surface area (Å²) in [7, 11) is 0. The zero-order chi connectivity index (χ0) is 13.1. The van der Waals surface area contributed by atoms with Gasteiger partial charge in [0.25, 0.3) is 0 Å². The van der Waals surface area contributed by atoms with E-state index >= 15 is 0 Å². The zero-order valence-electron chi connectivity index (χ0n) is 10.9. The van der Waals surface area contributed by atoms with Crippen LogP contribution in [0.4, 0.5) is 0 Å². The van der Waals surface area contributed by atoms with Gasteiger partial charge in [-0.3, -0.25) is 4.79 Å². The highest BCUT2D eigenvalue weighted by Gasteiger charge is 2.36. The maximum absolute atomic E-state index is 11.5. The van der Waals surface area contributed by atoms with E-state index in [9.17, 15) is 4.79 Å². The molecule has 100 valence electrons. The first-order valence-electron chi connectivity index (χ1n) is 6.82. The number of carbonyl (C=O) groups excluding carboxylic acids is 1. The van der Waals surface area contributed by atoms with Gasteiger partial charge in [0, 0.05) is 25.7 Å². The van der Waals surface area contributed by atoms with Crippen LogP contribution in [0, 0.1) is 5.41 Å². The third kappa shape index (κ3) is 2.80. The Kier molecular flexibility index (Phi) is 3.28. The topological polar surface area (TPSA) is 43.4 Å². The van der Waals surface area contributed by atoms with Crippen molar-refractivity contribution in [3.63, 3.8) is 0 Å². The van der Waals surface area contributed by atoms with Crippen LogP contribution in [-0.2, 0) is 17.6 Å². The third-order valence-electron chi connectivity index (χ3n) is 4.13. The summed E-state index contributed by atoms with van der Waals surface area (Å²) in [5.41, 5.74) is 0.101. The van der Waals surface area contributed by atoms with Crippen LogP contribution in [0.2, 0.25) is 0 Å². The molecular formula is C16H18O3. The lowest BCUT2D eigenvalue weighted by Gasteiger charge is -2.35. The van der Waals surface area contributed by atoms with Gasteiger partial charge in [-0.05, 0) is 42.5 Å². The summed E-state index contributed by atoms with van der Waals surface area (Å²) < 4.78 is 11.0. The van der Waals surface area contributed by atoms with Crippen LogP contribution >= 0.6 is 0 Å². The maximum atomic E-state index is 11.5. The number of rotatable bonds is 4. The van der Waals surface area contributed by atoms with E-state index in [1.54, 1.807) is 12.5 Å². The Morgan fingerprint density at radius 3 is 1.89 bits per heavy atom. The van der Waals surface area contributed by atoms with Gasteiger partial charge in [-0.2, -0.15) is 0 Å². The second-order valence-corrected chi connectivity index (χ2v) is 5.55. The van der Waals surface area contributed by atoms with Gasteiger partial charge < -0.3 is 8.83 Å². The van der Waals surface area contributed by atoms with Crippen molar-refractivity contribution >= 4 is 5.78 Å². The van der Waals surface area contributed by atoms with Gasteiger partial charge in [0.2, 0.25) is 0 Å². The molecule has 0 radical (unpaired) electrons. The minimum absolute atomic E-state index is 0.101. The molecule has 1 fully saturated rings. The maximum Gasteiger partial charge on any atom is 0.132 e. The lowest BCUT2D eigenvalue weighted by atomic mass is 9.68. The molecule has 0 bridgehead atoms. The molecule has 0 amide bonds. The van der Waals surface area contributed by atoms with Gasteiger partial charge in [-0.15, -0.1) is 0 Å². The van der Waals surface area contributed by atoms with E-state index < -0.39 is 0 Å². The van der Waals surface area contributed by atoms with Gasteiger partial charge in [0.05, 0.1) is 12.5 Å². The molecule has 2 aromatic heterocycles. The molecule has 2 aromatic rings. The van der Waals surface area contributed by atoms with Crippen molar-refractivity contribution in [2.24, 2.45) is 5.41 Å². The first kappa shape index (κ1) is 12.3. The number of carbonyl (C=O) groups is 1. The van der Waals surface area contributed by atoms with Crippen LogP contribution < -0.4 is 0 Å². The molecule has 0 N–H and O–H groups in total. The fourth-order valence-corrected chi connectivity index (χ4v) is 3.04. The predicted molar refractivity (Wildman–Crippen MR) is 70.7 cm³/mol. The molecule has 0 atom stereocenters. The molecule has 0 spiro atoms. The molecule has 3 rings (SSSR count). The molecule has 3 nitrogen and oxygen atoms in total. The highest BCUT2D eigenvalue weighted by Crippen LogP contribution is 2.41. The number of hydrogen-bond donors (Lipinski definition) is 0. The van der Waals surface area contributed by atoms with Crippen LogP contribution in [0.15, 0.2) is 45.6 Å². The minimum Gasteiger partial charge on any atom is -0.469 e. The number of ketones is 1. The van der Waals surface area contributed by atoms with Crippen molar-refractivity contribution < 1.29 is 13.6 Å². The normalized spacial score (nSPS) is 18.6. The van der Waals surface area contributed by atoms with Crippen molar-refractivity contribution in [3.8, 4) is 0 Å². The van der Waals surface area contributed by atoms with Gasteiger partial charge in [-0.1, -0.05) is 0 Å². The molecule has 2 heterocycles. The largest absolute Gasteiger partial charge is 0.469 e. The molecule has 0 saturated heterocycles. The van der Waals surface area contributed by atoms with Gasteiger partial charge >= 0.3 is 0 Å². The standard InChI is InChI=1S/C16H18O3/c17-13-5-7-16(8-6-13,11-14-3-1-9-18-14)12-15-4-2-10-19-15/h1-4,9-10H,5-8,11-12H2. The Morgan fingerprint density at radius 2 is 1.47 bits per heavy atom. The first-order valence-corrected chi connectivity index (χ1v) is 6.82. The van der Waals surface area contributed by atoms with Crippen molar-refractivity contribution in [2.45, 2.75) is 38.5 Å². The van der Waals surface area contributed by atoms with E-state index in [2.05, 4.69) is 0 Å². The smallest absolute Gasteiger partial charge is 0.132 e. The summed E-state index contributed by atoms with van der Waals surface area (Å²) in [5.74, 6) is 2.39. The van der Waals surface area contributed by atoms with E-state index in [0.29, 0.717) is 18.6 Å². The van der Waals surface area contributed by atoms with E-state index in [4.69, 9.17) is 8.83 Å². The summed E-state index contributed by atoms with van der Waals surface area (Å²) in [6.07, 6.45) is 8.40. The lowest BCUT2D eigenvalue weighted by Crippen LogP contribution is -2.32. The average molecular weight is 258 g/mol. The van der Waals surface area contributed by atoms with Gasteiger partial charge in [0.1, 0.15) is 17.3 Å². The van der Waals surface area contributed by atoms with Crippen LogP contribution in [0.5, 0.6) is 0 Å². The molecule has 1 aliphatic carbocycles. The Hall–Kier alpha value is -1.77. The average Bonchev–Trinajstić information content (AvgIpc) is 3.07. The fourth-order valence-electron chi connectivity index (χ4n) is 3.04. The lowest BCUT2D eigenvalue weighted by molar-refractivity contribution is -0.122. The second-order valence-electron chi connectivity index (χ2n) is 5.55. The molecule has 3 heteroatoms. The molecule has 19 heavy (non-hydrogen) atoms. The highest BCUT2D eigenvalue weighted by molar-refractivity contribution is 5.79. The fraction of sp³-hybridized carbons (Fsp3) is 0.438. The summed E-state index contributed by atoms with van der Waals surface area (Å²) in [5, 5.41) is 0. The molecule has 0 unspecified atom stereocenters. The SMILES string of the molecule is O=C1CCC(Cc2ccco2)(Cc2ccco2)CC1. The molecule has 1 aliphatic rings. The Balaban J connectivity index is 1.80. The van der Waals surface area contributed by atoms with E-state index in [1.165, 1.54) is 0 Å². The quantitative estimate of drug-likeness (QED) is 0.838. The van der Waals surface area contributed by atoms with Crippen LogP contribution in [0.25, 0.3) is 0 Å². The molecule has 0 aromatic carbocycles. The van der Waals surface area contributed by atoms with Crippen molar-refractivity contribution in [2.75, 3.05) is 0 Å². The van der Waals surface area contributed by atoms with Crippen molar-refractivity contribution in [1.82, 2.24) is 0 Å².